The maximum absolute atomic E-state index is 12.4. The third kappa shape index (κ3) is 3.53. The zero-order chi connectivity index (χ0) is 16.9. The van der Waals surface area contributed by atoms with E-state index in [2.05, 4.69) is 10.00 Å². The lowest BCUT2D eigenvalue weighted by Crippen LogP contribution is -2.22. The Hall–Kier alpha value is -2.90. The minimum atomic E-state index is -0.548. The summed E-state index contributed by atoms with van der Waals surface area (Å²) in [7, 11) is 0. The second-order valence-electron chi connectivity index (χ2n) is 5.56. The van der Waals surface area contributed by atoms with Crippen LogP contribution in [-0.2, 0) is 11.3 Å². The number of hydrogen-bond donors (Lipinski definition) is 0. The maximum atomic E-state index is 12.4. The zero-order valence-electron chi connectivity index (χ0n) is 13.1. The smallest absolute Gasteiger partial charge is 0.340 e. The molecule has 2 aromatic rings. The zero-order valence-corrected chi connectivity index (χ0v) is 13.1. The second-order valence-corrected chi connectivity index (χ2v) is 5.56. The lowest BCUT2D eigenvalue weighted by atomic mass is 10.1. The van der Waals surface area contributed by atoms with Crippen LogP contribution in [0.3, 0.4) is 0 Å². The van der Waals surface area contributed by atoms with Gasteiger partial charge < -0.3 is 9.64 Å². The molecule has 0 atom stereocenters. The highest BCUT2D eigenvalue weighted by Crippen LogP contribution is 2.28. The van der Waals surface area contributed by atoms with Crippen molar-refractivity contribution < 1.29 is 14.5 Å². The van der Waals surface area contributed by atoms with Crippen molar-refractivity contribution in [3.63, 3.8) is 0 Å². The summed E-state index contributed by atoms with van der Waals surface area (Å²) < 4.78 is 6.94. The summed E-state index contributed by atoms with van der Waals surface area (Å²) in [6.45, 7) is 2.27. The number of nitrogens with zero attached hydrogens (tertiary/aromatic N) is 4. The molecule has 8 heteroatoms. The van der Waals surface area contributed by atoms with Crippen molar-refractivity contribution in [2.75, 3.05) is 24.6 Å². The van der Waals surface area contributed by atoms with E-state index in [0.29, 0.717) is 12.2 Å². The molecule has 2 heterocycles. The molecule has 8 nitrogen and oxygen atoms in total. The number of anilines is 1. The molecule has 0 saturated carbocycles. The molecule has 0 radical (unpaired) electrons. The van der Waals surface area contributed by atoms with Crippen LogP contribution in [0.4, 0.5) is 11.4 Å². The van der Waals surface area contributed by atoms with Crippen molar-refractivity contribution >= 4 is 17.3 Å². The van der Waals surface area contributed by atoms with Crippen molar-refractivity contribution in [1.82, 2.24) is 9.78 Å². The molecule has 3 rings (SSSR count). The van der Waals surface area contributed by atoms with Gasteiger partial charge in [-0.3, -0.25) is 14.8 Å². The van der Waals surface area contributed by atoms with E-state index in [1.807, 2.05) is 0 Å². The first-order valence-corrected chi connectivity index (χ1v) is 7.83. The summed E-state index contributed by atoms with van der Waals surface area (Å²) >= 11 is 0. The van der Waals surface area contributed by atoms with Gasteiger partial charge in [-0.25, -0.2) is 4.79 Å². The molecule has 1 aromatic heterocycles. The Morgan fingerprint density at radius 1 is 1.33 bits per heavy atom. The van der Waals surface area contributed by atoms with Crippen LogP contribution in [0.15, 0.2) is 36.7 Å². The number of non-ortho nitro benzene ring substituents is 1. The summed E-state index contributed by atoms with van der Waals surface area (Å²) in [5.41, 5.74) is 0.825. The fourth-order valence-electron chi connectivity index (χ4n) is 2.78. The average molecular weight is 330 g/mol. The van der Waals surface area contributed by atoms with Crippen LogP contribution in [0.5, 0.6) is 0 Å². The van der Waals surface area contributed by atoms with Crippen LogP contribution in [-0.4, -0.2) is 40.4 Å². The van der Waals surface area contributed by atoms with E-state index in [9.17, 15) is 14.9 Å². The number of benzene rings is 1. The molecule has 0 N–H and O–H groups in total. The molecule has 0 aliphatic carbocycles. The molecular weight excluding hydrogens is 312 g/mol. The molecule has 1 aliphatic heterocycles. The Labute approximate surface area is 138 Å². The Balaban J connectivity index is 1.76. The van der Waals surface area contributed by atoms with Gasteiger partial charge in [0.1, 0.15) is 6.61 Å². The highest BCUT2D eigenvalue weighted by atomic mass is 16.6. The molecule has 1 saturated heterocycles. The van der Waals surface area contributed by atoms with E-state index in [1.54, 1.807) is 29.2 Å². The van der Waals surface area contributed by atoms with E-state index in [-0.39, 0.29) is 17.9 Å². The molecule has 126 valence electrons. The van der Waals surface area contributed by atoms with E-state index in [4.69, 9.17) is 4.74 Å². The molecule has 0 spiro atoms. The summed E-state index contributed by atoms with van der Waals surface area (Å²) in [6, 6.07) is 6.14. The van der Waals surface area contributed by atoms with Crippen LogP contribution < -0.4 is 4.90 Å². The van der Waals surface area contributed by atoms with Crippen molar-refractivity contribution in [2.45, 2.75) is 19.4 Å². The summed E-state index contributed by atoms with van der Waals surface area (Å²) in [5.74, 6) is -0.548. The van der Waals surface area contributed by atoms with E-state index < -0.39 is 10.9 Å². The number of ether oxygens (including phenoxy) is 1. The first kappa shape index (κ1) is 16.0. The number of nitro groups is 1. The minimum Gasteiger partial charge on any atom is -0.460 e. The number of rotatable bonds is 6. The fourth-order valence-corrected chi connectivity index (χ4v) is 2.78. The van der Waals surface area contributed by atoms with Gasteiger partial charge in [0.25, 0.3) is 5.69 Å². The van der Waals surface area contributed by atoms with Crippen LogP contribution >= 0.6 is 0 Å². The lowest BCUT2D eigenvalue weighted by Gasteiger charge is -2.20. The Morgan fingerprint density at radius 2 is 2.12 bits per heavy atom. The predicted molar refractivity (Wildman–Crippen MR) is 87.1 cm³/mol. The number of nitro benzene ring substituents is 1. The van der Waals surface area contributed by atoms with Gasteiger partial charge in [-0.15, -0.1) is 0 Å². The monoisotopic (exact) mass is 330 g/mol. The largest absolute Gasteiger partial charge is 0.460 e. The third-order valence-corrected chi connectivity index (χ3v) is 3.97. The SMILES string of the molecule is O=C(OCCn1cccn1)c1cc([N+](=O)[O-])ccc1N1CCCC1. The lowest BCUT2D eigenvalue weighted by molar-refractivity contribution is -0.384. The van der Waals surface area contributed by atoms with Crippen molar-refractivity contribution in [1.29, 1.82) is 0 Å². The molecule has 1 aromatic carbocycles. The molecule has 0 unspecified atom stereocenters. The quantitative estimate of drug-likeness (QED) is 0.458. The maximum Gasteiger partial charge on any atom is 0.340 e. The molecule has 0 bridgehead atoms. The van der Waals surface area contributed by atoms with Crippen LogP contribution in [0.2, 0.25) is 0 Å². The Kier molecular flexibility index (Phi) is 4.74. The van der Waals surface area contributed by atoms with E-state index in [0.717, 1.165) is 25.9 Å². The third-order valence-electron chi connectivity index (χ3n) is 3.97. The Bertz CT molecular complexity index is 724. The van der Waals surface area contributed by atoms with Gasteiger partial charge in [-0.1, -0.05) is 0 Å². The molecule has 1 aliphatic rings. The number of hydrogen-bond acceptors (Lipinski definition) is 6. The molecule has 24 heavy (non-hydrogen) atoms. The topological polar surface area (TPSA) is 90.5 Å². The van der Waals surface area contributed by atoms with E-state index in [1.165, 1.54) is 12.1 Å². The fraction of sp³-hybridized carbons (Fsp3) is 0.375. The predicted octanol–water partition coefficient (Wildman–Crippen LogP) is 2.25. The van der Waals surface area contributed by atoms with Crippen molar-refractivity contribution in [3.05, 3.63) is 52.3 Å². The van der Waals surface area contributed by atoms with Crippen LogP contribution in [0.1, 0.15) is 23.2 Å². The van der Waals surface area contributed by atoms with Crippen molar-refractivity contribution in [2.24, 2.45) is 0 Å². The highest BCUT2D eigenvalue weighted by Gasteiger charge is 2.23. The second kappa shape index (κ2) is 7.12. The number of carbonyl (C=O) groups excluding carboxylic acids is 1. The Morgan fingerprint density at radius 3 is 2.79 bits per heavy atom. The molecule has 1 fully saturated rings. The number of esters is 1. The average Bonchev–Trinajstić information content (AvgIpc) is 3.28. The summed E-state index contributed by atoms with van der Waals surface area (Å²) in [5, 5.41) is 15.0. The first-order valence-electron chi connectivity index (χ1n) is 7.83. The van der Waals surface area contributed by atoms with Crippen LogP contribution in [0.25, 0.3) is 0 Å². The standard InChI is InChI=1S/C16H18N4O4/c21-16(24-11-10-19-9-3-6-17-19)14-12-13(20(22)23)4-5-15(14)18-7-1-2-8-18/h3-6,9,12H,1-2,7-8,10-11H2. The van der Waals surface area contributed by atoms with Gasteiger partial charge in [0.15, 0.2) is 0 Å². The van der Waals surface area contributed by atoms with Crippen molar-refractivity contribution in [3.8, 4) is 0 Å². The van der Waals surface area contributed by atoms with Crippen LogP contribution in [0, 0.1) is 10.1 Å². The van der Waals surface area contributed by atoms with Gasteiger partial charge in [-0.2, -0.15) is 5.10 Å². The number of aromatic nitrogens is 2. The summed E-state index contributed by atoms with van der Waals surface area (Å²) in [4.78, 5) is 25.0. The van der Waals surface area contributed by atoms with Gasteiger partial charge in [0.05, 0.1) is 22.7 Å². The highest BCUT2D eigenvalue weighted by molar-refractivity contribution is 5.96. The van der Waals surface area contributed by atoms with Gasteiger partial charge in [0, 0.05) is 37.6 Å². The van der Waals surface area contributed by atoms with Gasteiger partial charge >= 0.3 is 5.97 Å². The summed E-state index contributed by atoms with van der Waals surface area (Å²) in [6.07, 6.45) is 5.51. The van der Waals surface area contributed by atoms with Gasteiger partial charge in [-0.05, 0) is 25.0 Å². The molecular formula is C16H18N4O4. The van der Waals surface area contributed by atoms with E-state index >= 15 is 0 Å². The van der Waals surface area contributed by atoms with Gasteiger partial charge in [0.2, 0.25) is 0 Å². The normalized spacial score (nSPS) is 13.9. The number of carbonyl (C=O) groups is 1. The molecule has 0 amide bonds. The first-order chi connectivity index (χ1) is 11.6. The minimum absolute atomic E-state index is 0.114.